The van der Waals surface area contributed by atoms with Gasteiger partial charge in [0, 0.05) is 17.8 Å². The van der Waals surface area contributed by atoms with Crippen molar-refractivity contribution in [3.05, 3.63) is 59.7 Å². The number of carbonyl (C=O) groups excluding carboxylic acids is 1. The standard InChI is InChI=1S/C22H25N5OS/c1-16-4-8-18(9-5-16)21-24-22(26-25-21)29-15-20(28)23-19-10-6-17(7-11-19)14-27-12-2-3-13-27/h4-11H,2-3,12-15H2,1H3,(H,23,28)(H,24,25,26). The fourth-order valence-corrected chi connectivity index (χ4v) is 3.97. The Hall–Kier alpha value is -2.64. The molecule has 0 radical (unpaired) electrons. The molecule has 2 heterocycles. The molecule has 7 heteroatoms. The van der Waals surface area contributed by atoms with E-state index in [2.05, 4.69) is 37.5 Å². The second kappa shape index (κ2) is 9.24. The number of aromatic amines is 1. The summed E-state index contributed by atoms with van der Waals surface area (Å²) in [5.41, 5.74) is 4.27. The van der Waals surface area contributed by atoms with Crippen LogP contribution in [0.2, 0.25) is 0 Å². The number of anilines is 1. The first-order valence-corrected chi connectivity index (χ1v) is 10.9. The van der Waals surface area contributed by atoms with E-state index in [9.17, 15) is 4.79 Å². The highest BCUT2D eigenvalue weighted by Crippen LogP contribution is 2.20. The number of hydrogen-bond donors (Lipinski definition) is 2. The molecule has 0 unspecified atom stereocenters. The van der Waals surface area contributed by atoms with E-state index < -0.39 is 0 Å². The zero-order chi connectivity index (χ0) is 20.1. The van der Waals surface area contributed by atoms with Crippen LogP contribution in [-0.2, 0) is 11.3 Å². The molecule has 0 saturated carbocycles. The van der Waals surface area contributed by atoms with Gasteiger partial charge in [-0.1, -0.05) is 53.7 Å². The number of likely N-dealkylation sites (tertiary alicyclic amines) is 1. The molecule has 0 atom stereocenters. The summed E-state index contributed by atoms with van der Waals surface area (Å²) >= 11 is 1.32. The summed E-state index contributed by atoms with van der Waals surface area (Å²) in [5.74, 6) is 0.909. The number of aromatic nitrogens is 3. The van der Waals surface area contributed by atoms with Gasteiger partial charge < -0.3 is 5.32 Å². The van der Waals surface area contributed by atoms with Crippen molar-refractivity contribution in [1.29, 1.82) is 0 Å². The van der Waals surface area contributed by atoms with E-state index in [1.807, 2.05) is 43.3 Å². The first kappa shape index (κ1) is 19.7. The Kier molecular flexibility index (Phi) is 6.27. The van der Waals surface area contributed by atoms with Crippen LogP contribution in [0.3, 0.4) is 0 Å². The van der Waals surface area contributed by atoms with Crippen LogP contribution in [-0.4, -0.2) is 44.8 Å². The smallest absolute Gasteiger partial charge is 0.234 e. The quantitative estimate of drug-likeness (QED) is 0.577. The van der Waals surface area contributed by atoms with Gasteiger partial charge in [0.05, 0.1) is 5.75 Å². The molecule has 0 aliphatic carbocycles. The number of nitrogens with one attached hydrogen (secondary N) is 2. The van der Waals surface area contributed by atoms with Crippen LogP contribution in [0.1, 0.15) is 24.0 Å². The first-order chi connectivity index (χ1) is 14.2. The Labute approximate surface area is 175 Å². The van der Waals surface area contributed by atoms with Crippen molar-refractivity contribution in [3.8, 4) is 11.4 Å². The molecular formula is C22H25N5OS. The van der Waals surface area contributed by atoms with E-state index in [1.165, 1.54) is 48.8 Å². The molecule has 1 fully saturated rings. The first-order valence-electron chi connectivity index (χ1n) is 9.89. The van der Waals surface area contributed by atoms with Gasteiger partial charge >= 0.3 is 0 Å². The number of hydrogen-bond acceptors (Lipinski definition) is 5. The van der Waals surface area contributed by atoms with Crippen LogP contribution < -0.4 is 5.32 Å². The van der Waals surface area contributed by atoms with Gasteiger partial charge in [-0.2, -0.15) is 0 Å². The Morgan fingerprint density at radius 2 is 1.83 bits per heavy atom. The SMILES string of the molecule is Cc1ccc(-c2nc(SCC(=O)Nc3ccc(CN4CCCC4)cc3)n[nH]2)cc1. The minimum atomic E-state index is -0.0658. The maximum atomic E-state index is 12.3. The molecule has 1 saturated heterocycles. The Morgan fingerprint density at radius 3 is 2.55 bits per heavy atom. The van der Waals surface area contributed by atoms with Gasteiger partial charge in [0.25, 0.3) is 0 Å². The zero-order valence-electron chi connectivity index (χ0n) is 16.5. The van der Waals surface area contributed by atoms with Crippen molar-refractivity contribution < 1.29 is 4.79 Å². The van der Waals surface area contributed by atoms with Crippen molar-refractivity contribution in [1.82, 2.24) is 20.1 Å². The van der Waals surface area contributed by atoms with Crippen LogP contribution in [0.25, 0.3) is 11.4 Å². The largest absolute Gasteiger partial charge is 0.325 e. The molecule has 0 bridgehead atoms. The molecule has 1 amide bonds. The lowest BCUT2D eigenvalue weighted by Gasteiger charge is -2.14. The normalized spacial score (nSPS) is 14.2. The maximum Gasteiger partial charge on any atom is 0.234 e. The van der Waals surface area contributed by atoms with Gasteiger partial charge in [0.1, 0.15) is 0 Å². The Bertz CT molecular complexity index is 946. The molecule has 4 rings (SSSR count). The van der Waals surface area contributed by atoms with Crippen molar-refractivity contribution in [2.24, 2.45) is 0 Å². The average Bonchev–Trinajstić information content (AvgIpc) is 3.41. The van der Waals surface area contributed by atoms with Crippen molar-refractivity contribution >= 4 is 23.4 Å². The van der Waals surface area contributed by atoms with Crippen LogP contribution in [0.15, 0.2) is 53.7 Å². The lowest BCUT2D eigenvalue weighted by Crippen LogP contribution is -2.18. The highest BCUT2D eigenvalue weighted by atomic mass is 32.2. The third-order valence-corrected chi connectivity index (χ3v) is 5.81. The molecule has 2 aromatic carbocycles. The minimum Gasteiger partial charge on any atom is -0.325 e. The number of aryl methyl sites for hydroxylation is 1. The summed E-state index contributed by atoms with van der Waals surface area (Å²) in [5, 5.41) is 10.6. The molecule has 29 heavy (non-hydrogen) atoms. The Balaban J connectivity index is 1.26. The molecule has 6 nitrogen and oxygen atoms in total. The number of rotatable bonds is 7. The van der Waals surface area contributed by atoms with E-state index >= 15 is 0 Å². The van der Waals surface area contributed by atoms with E-state index in [0.29, 0.717) is 11.0 Å². The highest BCUT2D eigenvalue weighted by Gasteiger charge is 2.12. The minimum absolute atomic E-state index is 0.0658. The molecular weight excluding hydrogens is 382 g/mol. The van der Waals surface area contributed by atoms with Gasteiger partial charge in [-0.05, 0) is 50.6 Å². The van der Waals surface area contributed by atoms with Gasteiger partial charge in [-0.15, -0.1) is 5.10 Å². The van der Waals surface area contributed by atoms with Gasteiger partial charge in [0.15, 0.2) is 5.82 Å². The predicted octanol–water partition coefficient (Wildman–Crippen LogP) is 4.11. The predicted molar refractivity (Wildman–Crippen MR) is 117 cm³/mol. The molecule has 150 valence electrons. The second-order valence-electron chi connectivity index (χ2n) is 7.35. The number of amides is 1. The summed E-state index contributed by atoms with van der Waals surface area (Å²) in [4.78, 5) is 19.2. The Morgan fingerprint density at radius 1 is 1.10 bits per heavy atom. The number of nitrogens with zero attached hydrogens (tertiary/aromatic N) is 3. The van der Waals surface area contributed by atoms with E-state index in [0.717, 1.165) is 17.8 Å². The topological polar surface area (TPSA) is 73.9 Å². The van der Waals surface area contributed by atoms with Gasteiger partial charge in [0.2, 0.25) is 11.1 Å². The molecule has 1 aliphatic rings. The summed E-state index contributed by atoms with van der Waals surface area (Å²) in [6, 6.07) is 16.2. The molecule has 1 aromatic heterocycles. The molecule has 2 N–H and O–H groups in total. The summed E-state index contributed by atoms with van der Waals surface area (Å²) in [7, 11) is 0. The van der Waals surface area contributed by atoms with Crippen LogP contribution in [0.4, 0.5) is 5.69 Å². The van der Waals surface area contributed by atoms with E-state index in [4.69, 9.17) is 0 Å². The highest BCUT2D eigenvalue weighted by molar-refractivity contribution is 7.99. The van der Waals surface area contributed by atoms with E-state index in [-0.39, 0.29) is 11.7 Å². The number of H-pyrrole nitrogens is 1. The van der Waals surface area contributed by atoms with Crippen molar-refractivity contribution in [2.75, 3.05) is 24.2 Å². The fourth-order valence-electron chi connectivity index (χ4n) is 3.37. The maximum absolute atomic E-state index is 12.3. The number of carbonyl (C=O) groups is 1. The molecule has 1 aliphatic heterocycles. The van der Waals surface area contributed by atoms with Gasteiger partial charge in [-0.3, -0.25) is 14.8 Å². The number of thioether (sulfide) groups is 1. The fraction of sp³-hybridized carbons (Fsp3) is 0.318. The summed E-state index contributed by atoms with van der Waals surface area (Å²) < 4.78 is 0. The third kappa shape index (κ3) is 5.46. The van der Waals surface area contributed by atoms with Crippen molar-refractivity contribution in [3.63, 3.8) is 0 Å². The van der Waals surface area contributed by atoms with Crippen molar-refractivity contribution in [2.45, 2.75) is 31.5 Å². The molecule has 3 aromatic rings. The molecule has 0 spiro atoms. The lowest BCUT2D eigenvalue weighted by atomic mass is 10.1. The number of benzene rings is 2. The van der Waals surface area contributed by atoms with Crippen LogP contribution in [0.5, 0.6) is 0 Å². The summed E-state index contributed by atoms with van der Waals surface area (Å²) in [6.45, 7) is 5.40. The second-order valence-corrected chi connectivity index (χ2v) is 8.29. The zero-order valence-corrected chi connectivity index (χ0v) is 17.3. The van der Waals surface area contributed by atoms with Crippen LogP contribution in [0, 0.1) is 6.92 Å². The third-order valence-electron chi connectivity index (χ3n) is 4.96. The van der Waals surface area contributed by atoms with Gasteiger partial charge in [-0.25, -0.2) is 4.98 Å². The van der Waals surface area contributed by atoms with E-state index in [1.54, 1.807) is 0 Å². The lowest BCUT2D eigenvalue weighted by molar-refractivity contribution is -0.113. The van der Waals surface area contributed by atoms with Crippen LogP contribution >= 0.6 is 11.8 Å². The monoisotopic (exact) mass is 407 g/mol. The average molecular weight is 408 g/mol. The summed E-state index contributed by atoms with van der Waals surface area (Å²) in [6.07, 6.45) is 2.59.